The average molecular weight is 487 g/mol. The first kappa shape index (κ1) is 22.8. The highest BCUT2D eigenvalue weighted by Gasteiger charge is 2.31. The van der Waals surface area contributed by atoms with Crippen LogP contribution < -0.4 is 10.2 Å². The molecule has 1 saturated heterocycles. The number of fused-ring (bicyclic) bond motifs is 1. The fraction of sp³-hybridized carbons (Fsp3) is 0.318. The molecule has 4 heterocycles. The minimum atomic E-state index is -4.46. The number of hydrogen-bond donors (Lipinski definition) is 2. The van der Waals surface area contributed by atoms with E-state index in [2.05, 4.69) is 30.4 Å². The topological polar surface area (TPSA) is 122 Å². The van der Waals surface area contributed by atoms with Crippen LogP contribution in [-0.2, 0) is 10.9 Å². The lowest BCUT2D eigenvalue weighted by Crippen LogP contribution is -2.37. The highest BCUT2D eigenvalue weighted by atomic mass is 19.4. The van der Waals surface area contributed by atoms with E-state index in [4.69, 9.17) is 9.26 Å². The van der Waals surface area contributed by atoms with Gasteiger partial charge in [0, 0.05) is 25.2 Å². The predicted molar refractivity (Wildman–Crippen MR) is 118 cm³/mol. The van der Waals surface area contributed by atoms with Crippen molar-refractivity contribution < 1.29 is 27.2 Å². The Bertz CT molecular complexity index is 1360. The number of rotatable bonds is 5. The summed E-state index contributed by atoms with van der Waals surface area (Å²) in [6.07, 6.45) is -3.12. The third kappa shape index (κ3) is 4.80. The summed E-state index contributed by atoms with van der Waals surface area (Å²) >= 11 is 0. The lowest BCUT2D eigenvalue weighted by molar-refractivity contribution is -0.137. The maximum Gasteiger partial charge on any atom is 0.416 e. The molecule has 13 heteroatoms. The standard InChI is InChI=1S/C22H20F3N7O3/c1-12(28-21(33)17-10-19(27-11-26-17)32-4-6-34-7-5-32)18-9-16(31-35-18)20-29-14-3-2-13(22(23,24)25)8-15(14)30-20/h2-3,8-12H,4-7H2,1H3,(H,28,33)(H,29,30). The quantitative estimate of drug-likeness (QED) is 0.440. The molecule has 182 valence electrons. The number of hydrogen-bond acceptors (Lipinski definition) is 8. The highest BCUT2D eigenvalue weighted by Crippen LogP contribution is 2.32. The molecule has 1 aliphatic heterocycles. The molecular weight excluding hydrogens is 467 g/mol. The van der Waals surface area contributed by atoms with Crippen LogP contribution in [0, 0.1) is 0 Å². The largest absolute Gasteiger partial charge is 0.416 e. The first-order valence-corrected chi connectivity index (χ1v) is 10.8. The number of alkyl halides is 3. The van der Waals surface area contributed by atoms with Gasteiger partial charge in [0.05, 0.1) is 35.9 Å². The monoisotopic (exact) mass is 487 g/mol. The zero-order valence-electron chi connectivity index (χ0n) is 18.5. The van der Waals surface area contributed by atoms with Gasteiger partial charge < -0.3 is 24.5 Å². The lowest BCUT2D eigenvalue weighted by atomic mass is 10.2. The van der Waals surface area contributed by atoms with Gasteiger partial charge in [-0.3, -0.25) is 4.79 Å². The Labute approximate surface area is 196 Å². The zero-order valence-corrected chi connectivity index (χ0v) is 18.5. The van der Waals surface area contributed by atoms with E-state index in [0.717, 1.165) is 12.1 Å². The van der Waals surface area contributed by atoms with Crippen molar-refractivity contribution in [3.8, 4) is 11.5 Å². The van der Waals surface area contributed by atoms with Crippen LogP contribution in [0.4, 0.5) is 19.0 Å². The number of morpholine rings is 1. The van der Waals surface area contributed by atoms with E-state index in [0.29, 0.717) is 49.1 Å². The number of H-pyrrole nitrogens is 1. The smallest absolute Gasteiger partial charge is 0.378 e. The third-order valence-electron chi connectivity index (χ3n) is 5.57. The van der Waals surface area contributed by atoms with E-state index >= 15 is 0 Å². The second-order valence-electron chi connectivity index (χ2n) is 7.99. The zero-order chi connectivity index (χ0) is 24.6. The van der Waals surface area contributed by atoms with Gasteiger partial charge in [-0.25, -0.2) is 15.0 Å². The van der Waals surface area contributed by atoms with Crippen molar-refractivity contribution in [1.82, 2.24) is 30.4 Å². The maximum atomic E-state index is 13.0. The van der Waals surface area contributed by atoms with Crippen LogP contribution in [0.2, 0.25) is 0 Å². The SMILES string of the molecule is CC(NC(=O)c1cc(N2CCOCC2)ncn1)c1cc(-c2nc3ccc(C(F)(F)F)cc3[nH]2)no1. The molecule has 1 fully saturated rings. The Kier molecular flexibility index (Phi) is 5.84. The van der Waals surface area contributed by atoms with Crippen LogP contribution in [0.15, 0.2) is 41.2 Å². The van der Waals surface area contributed by atoms with Crippen LogP contribution in [-0.4, -0.2) is 57.3 Å². The Morgan fingerprint density at radius 2 is 1.97 bits per heavy atom. The number of aromatic amines is 1. The Morgan fingerprint density at radius 1 is 1.17 bits per heavy atom. The Balaban J connectivity index is 1.29. The summed E-state index contributed by atoms with van der Waals surface area (Å²) in [6.45, 7) is 4.24. The van der Waals surface area contributed by atoms with E-state index in [1.165, 1.54) is 12.4 Å². The Hall–Kier alpha value is -4.00. The summed E-state index contributed by atoms with van der Waals surface area (Å²) in [6, 6.07) is 5.86. The number of carbonyl (C=O) groups excluding carboxylic acids is 1. The van der Waals surface area contributed by atoms with Gasteiger partial charge in [-0.2, -0.15) is 13.2 Å². The number of anilines is 1. The first-order chi connectivity index (χ1) is 16.8. The van der Waals surface area contributed by atoms with Gasteiger partial charge in [0.1, 0.15) is 23.5 Å². The molecule has 5 rings (SSSR count). The molecule has 35 heavy (non-hydrogen) atoms. The molecule has 0 aliphatic carbocycles. The van der Waals surface area contributed by atoms with Crippen molar-refractivity contribution in [2.75, 3.05) is 31.2 Å². The van der Waals surface area contributed by atoms with Crippen LogP contribution >= 0.6 is 0 Å². The maximum absolute atomic E-state index is 13.0. The van der Waals surface area contributed by atoms with Crippen LogP contribution in [0.3, 0.4) is 0 Å². The van der Waals surface area contributed by atoms with E-state index in [9.17, 15) is 18.0 Å². The molecule has 1 atom stereocenters. The molecule has 4 aromatic rings. The van der Waals surface area contributed by atoms with E-state index in [1.54, 1.807) is 19.1 Å². The number of nitrogens with zero attached hydrogens (tertiary/aromatic N) is 5. The van der Waals surface area contributed by atoms with Gasteiger partial charge in [0.25, 0.3) is 5.91 Å². The summed E-state index contributed by atoms with van der Waals surface area (Å²) in [5.41, 5.74) is 0.298. The minimum absolute atomic E-state index is 0.200. The first-order valence-electron chi connectivity index (χ1n) is 10.8. The number of imidazole rings is 1. The van der Waals surface area contributed by atoms with Crippen molar-refractivity contribution in [1.29, 1.82) is 0 Å². The number of halogens is 3. The molecule has 1 amide bonds. The second-order valence-corrected chi connectivity index (χ2v) is 7.99. The van der Waals surface area contributed by atoms with Gasteiger partial charge in [0.15, 0.2) is 11.6 Å². The number of amides is 1. The molecule has 3 aromatic heterocycles. The number of nitrogens with one attached hydrogen (secondary N) is 2. The number of benzene rings is 1. The minimum Gasteiger partial charge on any atom is -0.378 e. The van der Waals surface area contributed by atoms with Gasteiger partial charge in [-0.05, 0) is 25.1 Å². The fourth-order valence-corrected chi connectivity index (χ4v) is 3.69. The molecule has 10 nitrogen and oxygen atoms in total. The van der Waals surface area contributed by atoms with E-state index in [1.807, 2.05) is 4.90 Å². The van der Waals surface area contributed by atoms with Crippen molar-refractivity contribution in [3.63, 3.8) is 0 Å². The average Bonchev–Trinajstić information content (AvgIpc) is 3.51. The van der Waals surface area contributed by atoms with Gasteiger partial charge in [-0.1, -0.05) is 5.16 Å². The molecule has 2 N–H and O–H groups in total. The Morgan fingerprint density at radius 3 is 2.74 bits per heavy atom. The molecule has 0 radical (unpaired) electrons. The highest BCUT2D eigenvalue weighted by molar-refractivity contribution is 5.93. The van der Waals surface area contributed by atoms with Gasteiger partial charge >= 0.3 is 6.18 Å². The number of aromatic nitrogens is 5. The van der Waals surface area contributed by atoms with Crippen molar-refractivity contribution in [2.24, 2.45) is 0 Å². The fourth-order valence-electron chi connectivity index (χ4n) is 3.69. The molecule has 0 spiro atoms. The number of carbonyl (C=O) groups is 1. The van der Waals surface area contributed by atoms with Crippen molar-refractivity contribution in [3.05, 3.63) is 53.7 Å². The van der Waals surface area contributed by atoms with Gasteiger partial charge in [0.2, 0.25) is 0 Å². The summed E-state index contributed by atoms with van der Waals surface area (Å²) in [4.78, 5) is 30.2. The van der Waals surface area contributed by atoms with E-state index in [-0.39, 0.29) is 17.0 Å². The lowest BCUT2D eigenvalue weighted by Gasteiger charge is -2.27. The summed E-state index contributed by atoms with van der Waals surface area (Å²) in [7, 11) is 0. The predicted octanol–water partition coefficient (Wildman–Crippen LogP) is 3.35. The molecule has 0 saturated carbocycles. The van der Waals surface area contributed by atoms with Crippen molar-refractivity contribution >= 4 is 22.8 Å². The van der Waals surface area contributed by atoms with Crippen LogP contribution in [0.1, 0.15) is 34.8 Å². The summed E-state index contributed by atoms with van der Waals surface area (Å²) in [5, 5.41) is 6.74. The molecule has 1 unspecified atom stereocenters. The van der Waals surface area contributed by atoms with Crippen LogP contribution in [0.5, 0.6) is 0 Å². The second kappa shape index (κ2) is 8.98. The number of ether oxygens (including phenoxy) is 1. The molecular formula is C22H20F3N7O3. The van der Waals surface area contributed by atoms with Crippen molar-refractivity contribution in [2.45, 2.75) is 19.1 Å². The third-order valence-corrected chi connectivity index (χ3v) is 5.57. The van der Waals surface area contributed by atoms with Crippen LogP contribution in [0.25, 0.3) is 22.6 Å². The molecule has 0 bridgehead atoms. The summed E-state index contributed by atoms with van der Waals surface area (Å²) < 4.78 is 49.6. The molecule has 1 aromatic carbocycles. The van der Waals surface area contributed by atoms with Gasteiger partial charge in [-0.15, -0.1) is 0 Å². The van der Waals surface area contributed by atoms with E-state index < -0.39 is 23.7 Å². The molecule has 1 aliphatic rings. The normalized spacial score (nSPS) is 15.4. The summed E-state index contributed by atoms with van der Waals surface area (Å²) in [5.74, 6) is 0.809.